The van der Waals surface area contributed by atoms with Gasteiger partial charge in [0.05, 0.1) is 0 Å². The topological polar surface area (TPSA) is 57.2 Å². The number of aromatic nitrogens is 1. The molecule has 2 N–H and O–H groups in total. The van der Waals surface area contributed by atoms with Crippen molar-refractivity contribution >= 4 is 5.69 Å². The number of nitrogens with zero attached hydrogens (tertiary/aromatic N) is 1. The van der Waals surface area contributed by atoms with E-state index in [0.717, 1.165) is 4.73 Å². The summed E-state index contributed by atoms with van der Waals surface area (Å²) in [6, 6.07) is 3.16. The fourth-order valence-corrected chi connectivity index (χ4v) is 0.635. The van der Waals surface area contributed by atoms with Crippen LogP contribution in [-0.4, -0.2) is 11.8 Å². The molecule has 1 aromatic heterocycles. The third-order valence-corrected chi connectivity index (χ3v) is 1.14. The van der Waals surface area contributed by atoms with Gasteiger partial charge < -0.3 is 10.6 Å². The molecule has 0 saturated carbocycles. The predicted molar refractivity (Wildman–Crippen MR) is 37.6 cm³/mol. The Balaban J connectivity index is 3.28. The molecular weight excluding hydrogens is 132 g/mol. The molecule has 4 nitrogen and oxygen atoms in total. The highest BCUT2D eigenvalue weighted by atomic mass is 16.6. The number of anilines is 1. The van der Waals surface area contributed by atoms with Gasteiger partial charge in [-0.3, -0.25) is 4.79 Å². The average molecular weight is 140 g/mol. The minimum Gasteiger partial charge on any atom is -0.414 e. The van der Waals surface area contributed by atoms with Crippen LogP contribution in [0.5, 0.6) is 0 Å². The van der Waals surface area contributed by atoms with Crippen LogP contribution in [0, 0.1) is 0 Å². The number of nitrogen functional groups attached to an aromatic ring is 1. The summed E-state index contributed by atoms with van der Waals surface area (Å²) in [5.74, 6) is 0. The number of nitrogens with two attached hydrogens (primary N) is 1. The largest absolute Gasteiger partial charge is 0.414 e. The minimum atomic E-state index is -0.329. The van der Waals surface area contributed by atoms with Crippen LogP contribution in [0.2, 0.25) is 0 Å². The Labute approximate surface area is 57.8 Å². The lowest BCUT2D eigenvalue weighted by molar-refractivity contribution is 0.157. The molecule has 0 amide bonds. The number of pyridine rings is 1. The molecule has 0 aromatic carbocycles. The van der Waals surface area contributed by atoms with Crippen LogP contribution in [0.25, 0.3) is 0 Å². The summed E-state index contributed by atoms with van der Waals surface area (Å²) < 4.78 is 1.06. The third kappa shape index (κ3) is 0.953. The molecule has 0 radical (unpaired) electrons. The molecule has 1 heterocycles. The van der Waals surface area contributed by atoms with Crippen molar-refractivity contribution in [2.45, 2.75) is 0 Å². The molecule has 10 heavy (non-hydrogen) atoms. The highest BCUT2D eigenvalue weighted by Gasteiger charge is 1.95. The lowest BCUT2D eigenvalue weighted by Crippen LogP contribution is -2.25. The Morgan fingerprint density at radius 3 is 2.90 bits per heavy atom. The van der Waals surface area contributed by atoms with E-state index in [1.807, 2.05) is 0 Å². The van der Waals surface area contributed by atoms with Crippen molar-refractivity contribution in [1.29, 1.82) is 0 Å². The van der Waals surface area contributed by atoms with Gasteiger partial charge in [-0.25, -0.2) is 0 Å². The summed E-state index contributed by atoms with van der Waals surface area (Å²) in [6.45, 7) is 0. The summed E-state index contributed by atoms with van der Waals surface area (Å²) in [7, 11) is 1.40. The zero-order chi connectivity index (χ0) is 7.56. The van der Waals surface area contributed by atoms with E-state index in [9.17, 15) is 4.79 Å². The van der Waals surface area contributed by atoms with Crippen LogP contribution >= 0.6 is 0 Å². The quantitative estimate of drug-likeness (QED) is 0.571. The van der Waals surface area contributed by atoms with E-state index in [1.165, 1.54) is 19.4 Å². The normalized spacial score (nSPS) is 9.30. The number of rotatable bonds is 1. The maximum Gasteiger partial charge on any atom is 0.306 e. The van der Waals surface area contributed by atoms with Gasteiger partial charge in [0.1, 0.15) is 12.8 Å². The van der Waals surface area contributed by atoms with E-state index in [4.69, 9.17) is 5.73 Å². The van der Waals surface area contributed by atoms with Crippen LogP contribution in [0.15, 0.2) is 23.1 Å². The van der Waals surface area contributed by atoms with Gasteiger partial charge in [0.15, 0.2) is 0 Å². The fourth-order valence-electron chi connectivity index (χ4n) is 0.635. The molecule has 54 valence electrons. The highest BCUT2D eigenvalue weighted by Crippen LogP contribution is 1.88. The molecule has 0 spiro atoms. The van der Waals surface area contributed by atoms with Crippen molar-refractivity contribution in [3.05, 3.63) is 28.7 Å². The van der Waals surface area contributed by atoms with Crippen molar-refractivity contribution < 1.29 is 4.84 Å². The zero-order valence-corrected chi connectivity index (χ0v) is 5.57. The van der Waals surface area contributed by atoms with E-state index >= 15 is 0 Å². The van der Waals surface area contributed by atoms with E-state index in [2.05, 4.69) is 4.84 Å². The Morgan fingerprint density at radius 2 is 2.40 bits per heavy atom. The molecule has 0 aliphatic heterocycles. The summed E-state index contributed by atoms with van der Waals surface area (Å²) >= 11 is 0. The molecule has 0 saturated heterocycles. The van der Waals surface area contributed by atoms with Crippen molar-refractivity contribution in [2.24, 2.45) is 0 Å². The fraction of sp³-hybridized carbons (Fsp3) is 0.167. The zero-order valence-electron chi connectivity index (χ0n) is 5.57. The van der Waals surface area contributed by atoms with Gasteiger partial charge in [-0.2, -0.15) is 4.73 Å². The van der Waals surface area contributed by atoms with E-state index < -0.39 is 0 Å². The van der Waals surface area contributed by atoms with Gasteiger partial charge in [-0.05, 0) is 12.1 Å². The summed E-state index contributed by atoms with van der Waals surface area (Å²) in [5, 5.41) is 0. The van der Waals surface area contributed by atoms with E-state index in [-0.39, 0.29) is 11.2 Å². The second kappa shape index (κ2) is 2.43. The molecule has 1 aromatic rings. The SMILES string of the molecule is COn1cccc(N)c1=O. The second-order valence-electron chi connectivity index (χ2n) is 1.78. The van der Waals surface area contributed by atoms with Crippen LogP contribution < -0.4 is 16.1 Å². The van der Waals surface area contributed by atoms with Crippen LogP contribution in [0.1, 0.15) is 0 Å². The molecular formula is C6H8N2O2. The summed E-state index contributed by atoms with van der Waals surface area (Å²) in [4.78, 5) is 15.6. The van der Waals surface area contributed by atoms with Crippen LogP contribution in [0.4, 0.5) is 5.69 Å². The summed E-state index contributed by atoms with van der Waals surface area (Å²) in [5.41, 5.74) is 5.14. The van der Waals surface area contributed by atoms with Crippen molar-refractivity contribution in [2.75, 3.05) is 12.8 Å². The summed E-state index contributed by atoms with van der Waals surface area (Å²) in [6.07, 6.45) is 1.50. The van der Waals surface area contributed by atoms with Crippen molar-refractivity contribution in [3.8, 4) is 0 Å². The number of hydrogen-bond donors (Lipinski definition) is 1. The van der Waals surface area contributed by atoms with Crippen molar-refractivity contribution in [3.63, 3.8) is 0 Å². The second-order valence-corrected chi connectivity index (χ2v) is 1.78. The lowest BCUT2D eigenvalue weighted by atomic mass is 10.4. The first-order chi connectivity index (χ1) is 4.75. The Hall–Kier alpha value is -1.45. The van der Waals surface area contributed by atoms with Gasteiger partial charge in [-0.15, -0.1) is 0 Å². The Kier molecular flexibility index (Phi) is 1.62. The Morgan fingerprint density at radius 1 is 1.70 bits per heavy atom. The van der Waals surface area contributed by atoms with Gasteiger partial charge in [-0.1, -0.05) is 0 Å². The molecule has 0 fully saturated rings. The molecule has 1 rings (SSSR count). The molecule has 0 unspecified atom stereocenters. The molecule has 0 atom stereocenters. The predicted octanol–water partition coefficient (Wildman–Crippen LogP) is -0.511. The maximum atomic E-state index is 10.9. The molecule has 0 aliphatic rings. The van der Waals surface area contributed by atoms with Crippen LogP contribution in [0.3, 0.4) is 0 Å². The molecule has 0 aliphatic carbocycles. The number of hydrogen-bond acceptors (Lipinski definition) is 3. The first-order valence-corrected chi connectivity index (χ1v) is 2.77. The van der Waals surface area contributed by atoms with E-state index in [1.54, 1.807) is 6.07 Å². The Bertz CT molecular complexity index is 279. The highest BCUT2D eigenvalue weighted by molar-refractivity contribution is 5.33. The van der Waals surface area contributed by atoms with Gasteiger partial charge >= 0.3 is 5.56 Å². The maximum absolute atomic E-state index is 10.9. The monoisotopic (exact) mass is 140 g/mol. The lowest BCUT2D eigenvalue weighted by Gasteiger charge is -2.01. The standard InChI is InChI=1S/C6H8N2O2/c1-10-8-4-2-3-5(7)6(8)9/h2-4H,7H2,1H3. The minimum absolute atomic E-state index is 0.185. The third-order valence-electron chi connectivity index (χ3n) is 1.14. The smallest absolute Gasteiger partial charge is 0.306 e. The first-order valence-electron chi connectivity index (χ1n) is 2.77. The first kappa shape index (κ1) is 6.67. The van der Waals surface area contributed by atoms with Gasteiger partial charge in [0, 0.05) is 6.20 Å². The van der Waals surface area contributed by atoms with Gasteiger partial charge in [0.25, 0.3) is 0 Å². The average Bonchev–Trinajstić information content (AvgIpc) is 1.95. The van der Waals surface area contributed by atoms with E-state index in [0.29, 0.717) is 0 Å². The molecule has 4 heteroatoms. The molecule has 0 bridgehead atoms. The van der Waals surface area contributed by atoms with Crippen molar-refractivity contribution in [1.82, 2.24) is 4.73 Å². The van der Waals surface area contributed by atoms with Gasteiger partial charge in [0.2, 0.25) is 0 Å². The van der Waals surface area contributed by atoms with Crippen LogP contribution in [-0.2, 0) is 0 Å².